The van der Waals surface area contributed by atoms with Crippen LogP contribution in [-0.2, 0) is 31.3 Å². The van der Waals surface area contributed by atoms with Crippen molar-refractivity contribution in [1.29, 1.82) is 0 Å². The Balaban J connectivity index is 1.42. The zero-order valence-corrected chi connectivity index (χ0v) is 39.1. The average molecular weight is 893 g/mol. The minimum absolute atomic E-state index is 0.385. The lowest BCUT2D eigenvalue weighted by atomic mass is 10.1. The molecule has 330 valence electrons. The summed E-state index contributed by atoms with van der Waals surface area (Å²) < 4.78 is 37.1. The van der Waals surface area contributed by atoms with Crippen LogP contribution in [0.15, 0.2) is 194 Å². The van der Waals surface area contributed by atoms with Crippen LogP contribution < -0.4 is 41.3 Å². The van der Waals surface area contributed by atoms with Crippen LogP contribution in [0.2, 0.25) is 0 Å². The van der Waals surface area contributed by atoms with Gasteiger partial charge in [0.1, 0.15) is 83.4 Å². The van der Waals surface area contributed by atoms with E-state index in [-0.39, 0.29) is 0 Å². The largest absolute Gasteiger partial charge is 0.491 e. The maximum Gasteiger partial charge on any atom is 0.126 e. The highest BCUT2D eigenvalue weighted by Crippen LogP contribution is 2.62. The summed E-state index contributed by atoms with van der Waals surface area (Å²) in [6.45, 7) is 9.08. The molecule has 0 saturated heterocycles. The second-order valence-corrected chi connectivity index (χ2v) is 22.3. The van der Waals surface area contributed by atoms with Crippen LogP contribution in [0.3, 0.4) is 0 Å². The summed E-state index contributed by atoms with van der Waals surface area (Å²) in [5.74, 6) is 1.67. The smallest absolute Gasteiger partial charge is 0.126 e. The lowest BCUT2D eigenvalue weighted by Crippen LogP contribution is -2.33. The molecule has 0 radical (unpaired) electrons. The zero-order valence-electron chi connectivity index (χ0n) is 37.3. The minimum atomic E-state index is -2.34. The van der Waals surface area contributed by atoms with Crippen molar-refractivity contribution in [3.05, 3.63) is 205 Å². The van der Waals surface area contributed by atoms with E-state index in [1.807, 2.05) is 13.8 Å². The van der Waals surface area contributed by atoms with E-state index in [0.29, 0.717) is 78.4 Å². The molecule has 7 rings (SSSR count). The van der Waals surface area contributed by atoms with Gasteiger partial charge in [-0.2, -0.15) is 0 Å². The normalized spacial score (nSPS) is 11.7. The average Bonchev–Trinajstić information content (AvgIpc) is 3.36. The molecule has 0 spiro atoms. The molecule has 0 N–H and O–H groups in total. The summed E-state index contributed by atoms with van der Waals surface area (Å²) >= 11 is 0. The van der Waals surface area contributed by atoms with Crippen molar-refractivity contribution in [3.63, 3.8) is 0 Å². The second-order valence-electron chi connectivity index (χ2n) is 15.3. The topological polar surface area (TPSA) is 55.4 Å². The molecular weight excluding hydrogens is 831 g/mol. The SMILES string of the molecule is CCOCCOCCOc1cc(C[P+](c2ccccc2)(c2ccccc2)c2ccccc2)c(OCCOCCOCC)cc1C[P+](c1ccccc1)(c1ccccc1)c1ccccc1. The van der Waals surface area contributed by atoms with Gasteiger partial charge in [-0.1, -0.05) is 109 Å². The quantitative estimate of drug-likeness (QED) is 0.0399. The first-order valence-electron chi connectivity index (χ1n) is 22.5. The second kappa shape index (κ2) is 24.8. The zero-order chi connectivity index (χ0) is 44.1. The lowest BCUT2D eigenvalue weighted by molar-refractivity contribution is 0.0399. The van der Waals surface area contributed by atoms with Crippen LogP contribution in [0, 0.1) is 0 Å². The van der Waals surface area contributed by atoms with Crippen molar-refractivity contribution in [2.24, 2.45) is 0 Å². The Morgan fingerprint density at radius 3 is 0.781 bits per heavy atom. The van der Waals surface area contributed by atoms with Crippen molar-refractivity contribution in [2.45, 2.75) is 26.2 Å². The Morgan fingerprint density at radius 2 is 0.531 bits per heavy atom. The summed E-state index contributed by atoms with van der Waals surface area (Å²) in [7, 11) is -4.68. The Morgan fingerprint density at radius 1 is 0.297 bits per heavy atom. The maximum atomic E-state index is 6.98. The Hall–Kier alpha value is -5.16. The number of hydrogen-bond donors (Lipinski definition) is 0. The van der Waals surface area contributed by atoms with E-state index in [1.54, 1.807) is 0 Å². The molecule has 7 aromatic carbocycles. The van der Waals surface area contributed by atoms with Gasteiger partial charge in [-0.3, -0.25) is 0 Å². The summed E-state index contributed by atoms with van der Waals surface area (Å²) in [4.78, 5) is 0. The fraction of sp³-hybridized carbons (Fsp3) is 0.250. The Kier molecular flexibility index (Phi) is 18.1. The van der Waals surface area contributed by atoms with E-state index < -0.39 is 14.5 Å². The predicted molar refractivity (Wildman–Crippen MR) is 270 cm³/mol. The standard InChI is InChI=1S/C56H62O6P2/c1-3-57-35-37-59-39-41-61-55-43-48(46-64(52-29-17-8-18-30-52,53-31-19-9-20-32-53)54-33-21-10-22-34-54)56(62-42-40-60-38-36-58-4-2)44-47(55)45-63(49-23-11-5-12-24-49,50-25-13-6-14-26-50)51-27-15-7-16-28-51/h5-34,43-44H,3-4,35-42,45-46H2,1-2H3/q+2. The van der Waals surface area contributed by atoms with E-state index in [2.05, 4.69) is 194 Å². The molecule has 0 heterocycles. The number of rotatable bonds is 26. The third kappa shape index (κ3) is 11.7. The fourth-order valence-electron chi connectivity index (χ4n) is 8.36. The van der Waals surface area contributed by atoms with Crippen molar-refractivity contribution in [2.75, 3.05) is 66.1 Å². The van der Waals surface area contributed by atoms with Crippen molar-refractivity contribution < 1.29 is 28.4 Å². The number of ether oxygens (including phenoxy) is 6. The van der Waals surface area contributed by atoms with E-state index in [4.69, 9.17) is 28.4 Å². The molecule has 8 heteroatoms. The summed E-state index contributed by atoms with van der Waals surface area (Å²) in [5, 5.41) is 7.80. The van der Waals surface area contributed by atoms with Gasteiger partial charge in [-0.15, -0.1) is 0 Å². The van der Waals surface area contributed by atoms with Gasteiger partial charge in [0, 0.05) is 24.3 Å². The molecule has 0 amide bonds. The lowest BCUT2D eigenvalue weighted by Gasteiger charge is -2.30. The molecule has 0 atom stereocenters. The molecule has 7 aromatic rings. The molecule has 0 bridgehead atoms. The highest BCUT2D eigenvalue weighted by atomic mass is 31.2. The molecule has 64 heavy (non-hydrogen) atoms. The monoisotopic (exact) mass is 892 g/mol. The molecular formula is C56H62O6P2+2. The van der Waals surface area contributed by atoms with E-state index >= 15 is 0 Å². The summed E-state index contributed by atoms with van der Waals surface area (Å²) in [6, 6.07) is 70.7. The third-order valence-corrected chi connectivity index (χ3v) is 20.1. The summed E-state index contributed by atoms with van der Waals surface area (Å²) in [6.07, 6.45) is 1.42. The van der Waals surface area contributed by atoms with Gasteiger partial charge in [-0.25, -0.2) is 0 Å². The molecule has 0 aliphatic carbocycles. The van der Waals surface area contributed by atoms with Crippen LogP contribution in [-0.4, -0.2) is 66.1 Å². The van der Waals surface area contributed by atoms with Crippen LogP contribution >= 0.6 is 14.5 Å². The van der Waals surface area contributed by atoms with Gasteiger partial charge in [0.05, 0.1) is 39.6 Å². The first-order valence-corrected chi connectivity index (χ1v) is 26.5. The first kappa shape index (κ1) is 46.8. The van der Waals surface area contributed by atoms with Gasteiger partial charge in [-0.05, 0) is 98.8 Å². The van der Waals surface area contributed by atoms with Gasteiger partial charge >= 0.3 is 0 Å². The van der Waals surface area contributed by atoms with Gasteiger partial charge in [0.15, 0.2) is 0 Å². The van der Waals surface area contributed by atoms with Crippen LogP contribution in [0.25, 0.3) is 0 Å². The molecule has 0 aromatic heterocycles. The molecule has 0 fully saturated rings. The molecule has 0 aliphatic rings. The van der Waals surface area contributed by atoms with Crippen molar-refractivity contribution in [1.82, 2.24) is 0 Å². The highest BCUT2D eigenvalue weighted by Gasteiger charge is 2.48. The van der Waals surface area contributed by atoms with Gasteiger partial charge < -0.3 is 28.4 Å². The molecule has 0 saturated carbocycles. The van der Waals surface area contributed by atoms with Crippen LogP contribution in [0.5, 0.6) is 11.5 Å². The highest BCUT2D eigenvalue weighted by molar-refractivity contribution is 7.95. The van der Waals surface area contributed by atoms with Crippen LogP contribution in [0.4, 0.5) is 0 Å². The minimum Gasteiger partial charge on any atom is -0.491 e. The number of hydrogen-bond acceptors (Lipinski definition) is 6. The Labute approximate surface area is 382 Å². The van der Waals surface area contributed by atoms with Crippen LogP contribution in [0.1, 0.15) is 25.0 Å². The number of benzene rings is 7. The van der Waals surface area contributed by atoms with E-state index in [9.17, 15) is 0 Å². The fourth-order valence-corrected chi connectivity index (χ4v) is 16.8. The Bertz CT molecular complexity index is 2010. The molecule has 0 unspecified atom stereocenters. The predicted octanol–water partition coefficient (Wildman–Crippen LogP) is 9.54. The van der Waals surface area contributed by atoms with E-state index in [0.717, 1.165) is 22.6 Å². The van der Waals surface area contributed by atoms with Crippen molar-refractivity contribution in [3.8, 4) is 11.5 Å². The first-order chi connectivity index (χ1) is 31.7. The third-order valence-electron chi connectivity index (χ3n) is 11.4. The van der Waals surface area contributed by atoms with E-state index in [1.165, 1.54) is 31.8 Å². The molecule has 6 nitrogen and oxygen atoms in total. The van der Waals surface area contributed by atoms with Gasteiger partial charge in [0.25, 0.3) is 0 Å². The van der Waals surface area contributed by atoms with Crippen molar-refractivity contribution >= 4 is 46.4 Å². The molecule has 0 aliphatic heterocycles. The summed E-state index contributed by atoms with van der Waals surface area (Å²) in [5.41, 5.74) is 2.16. The maximum absolute atomic E-state index is 6.98. The van der Waals surface area contributed by atoms with Gasteiger partial charge in [0.2, 0.25) is 0 Å².